The highest BCUT2D eigenvalue weighted by atomic mass is 16.5. The Hall–Kier alpha value is -2.69. The van der Waals surface area contributed by atoms with Crippen LogP contribution in [0.5, 0.6) is 11.5 Å². The Morgan fingerprint density at radius 3 is 2.38 bits per heavy atom. The van der Waals surface area contributed by atoms with Gasteiger partial charge in [-0.1, -0.05) is 6.07 Å². The van der Waals surface area contributed by atoms with Crippen LogP contribution in [0, 0.1) is 6.92 Å². The number of nitrogens with two attached hydrogens (primary N) is 2. The molecule has 0 aliphatic carbocycles. The highest BCUT2D eigenvalue weighted by Gasteiger charge is 2.21. The number of nitrogen functional groups attached to an aromatic ring is 1. The predicted octanol–water partition coefficient (Wildman–Crippen LogP) is 2.36. The molecule has 0 atom stereocenters. The molecule has 1 amide bonds. The molecule has 2 aromatic carbocycles. The molecular weight excluding hydrogens is 268 g/mol. The Balaban J connectivity index is 2.86. The van der Waals surface area contributed by atoms with Crippen LogP contribution in [-0.2, 0) is 0 Å². The van der Waals surface area contributed by atoms with Crippen molar-refractivity contribution in [3.05, 3.63) is 41.5 Å². The van der Waals surface area contributed by atoms with Crippen molar-refractivity contribution < 1.29 is 14.3 Å². The average molecular weight is 286 g/mol. The maximum Gasteiger partial charge on any atom is 0.249 e. The highest BCUT2D eigenvalue weighted by molar-refractivity contribution is 6.02. The molecule has 0 saturated carbocycles. The standard InChI is InChI=1S/C16H18N2O3/c1-9-4-5-10(17)8-12(9)14-11(16(18)19)6-7-13(20-2)15(14)21-3/h4-8H,17H2,1-3H3,(H2,18,19). The number of hydrogen-bond donors (Lipinski definition) is 2. The van der Waals surface area contributed by atoms with Gasteiger partial charge in [0.25, 0.3) is 0 Å². The highest BCUT2D eigenvalue weighted by Crippen LogP contribution is 2.42. The summed E-state index contributed by atoms with van der Waals surface area (Å²) in [5.74, 6) is 0.453. The van der Waals surface area contributed by atoms with Gasteiger partial charge in [0.2, 0.25) is 5.91 Å². The molecule has 0 bridgehead atoms. The van der Waals surface area contributed by atoms with Gasteiger partial charge in [-0.05, 0) is 42.3 Å². The quantitative estimate of drug-likeness (QED) is 0.845. The minimum absolute atomic E-state index is 0.362. The smallest absolute Gasteiger partial charge is 0.249 e. The number of benzene rings is 2. The molecule has 0 heterocycles. The lowest BCUT2D eigenvalue weighted by molar-refractivity contribution is 0.100. The van der Waals surface area contributed by atoms with Gasteiger partial charge < -0.3 is 20.9 Å². The summed E-state index contributed by atoms with van der Waals surface area (Å²) in [6, 6.07) is 8.76. The van der Waals surface area contributed by atoms with Crippen molar-refractivity contribution in [3.8, 4) is 22.6 Å². The SMILES string of the molecule is COc1ccc(C(N)=O)c(-c2cc(N)ccc2C)c1OC. The third kappa shape index (κ3) is 2.63. The van der Waals surface area contributed by atoms with Crippen molar-refractivity contribution in [1.29, 1.82) is 0 Å². The van der Waals surface area contributed by atoms with Crippen LogP contribution in [-0.4, -0.2) is 20.1 Å². The molecule has 0 aliphatic rings. The fourth-order valence-corrected chi connectivity index (χ4v) is 2.31. The van der Waals surface area contributed by atoms with Gasteiger partial charge in [0, 0.05) is 11.3 Å². The van der Waals surface area contributed by atoms with Crippen LogP contribution in [0.25, 0.3) is 11.1 Å². The van der Waals surface area contributed by atoms with Crippen LogP contribution in [0.15, 0.2) is 30.3 Å². The van der Waals surface area contributed by atoms with E-state index in [9.17, 15) is 4.79 Å². The van der Waals surface area contributed by atoms with Crippen molar-refractivity contribution in [3.63, 3.8) is 0 Å². The van der Waals surface area contributed by atoms with Gasteiger partial charge in [0.1, 0.15) is 0 Å². The summed E-state index contributed by atoms with van der Waals surface area (Å²) in [5.41, 5.74) is 14.6. The first-order valence-electron chi connectivity index (χ1n) is 6.40. The summed E-state index contributed by atoms with van der Waals surface area (Å²) in [4.78, 5) is 11.8. The van der Waals surface area contributed by atoms with Crippen molar-refractivity contribution in [2.24, 2.45) is 5.73 Å². The molecule has 2 rings (SSSR count). The number of carbonyl (C=O) groups excluding carboxylic acids is 1. The van der Waals surface area contributed by atoms with E-state index < -0.39 is 5.91 Å². The molecular formula is C16H18N2O3. The van der Waals surface area contributed by atoms with Crippen molar-refractivity contribution >= 4 is 11.6 Å². The molecule has 0 saturated heterocycles. The number of rotatable bonds is 4. The second kappa shape index (κ2) is 5.75. The number of carbonyl (C=O) groups is 1. The van der Waals surface area contributed by atoms with E-state index in [0.29, 0.717) is 28.3 Å². The van der Waals surface area contributed by atoms with Crippen LogP contribution >= 0.6 is 0 Å². The zero-order valence-electron chi connectivity index (χ0n) is 12.3. The fourth-order valence-electron chi connectivity index (χ4n) is 2.31. The van der Waals surface area contributed by atoms with Gasteiger partial charge in [0.15, 0.2) is 11.5 Å². The van der Waals surface area contributed by atoms with Gasteiger partial charge in [-0.25, -0.2) is 0 Å². The zero-order chi connectivity index (χ0) is 15.6. The Morgan fingerprint density at radius 1 is 1.10 bits per heavy atom. The van der Waals surface area contributed by atoms with Crippen molar-refractivity contribution in [2.45, 2.75) is 6.92 Å². The number of anilines is 1. The zero-order valence-corrected chi connectivity index (χ0v) is 12.3. The average Bonchev–Trinajstić information content (AvgIpc) is 2.47. The third-order valence-corrected chi connectivity index (χ3v) is 3.34. The summed E-state index contributed by atoms with van der Waals surface area (Å²) in [7, 11) is 3.06. The van der Waals surface area contributed by atoms with Gasteiger partial charge in [-0.15, -0.1) is 0 Å². The largest absolute Gasteiger partial charge is 0.493 e. The maximum absolute atomic E-state index is 11.8. The molecule has 0 aromatic heterocycles. The van der Waals surface area contributed by atoms with E-state index >= 15 is 0 Å². The lowest BCUT2D eigenvalue weighted by Gasteiger charge is -2.17. The van der Waals surface area contributed by atoms with Crippen LogP contribution in [0.1, 0.15) is 15.9 Å². The Kier molecular flexibility index (Phi) is 4.03. The molecule has 0 unspecified atom stereocenters. The topological polar surface area (TPSA) is 87.6 Å². The van der Waals surface area contributed by atoms with E-state index in [-0.39, 0.29) is 0 Å². The third-order valence-electron chi connectivity index (χ3n) is 3.34. The van der Waals surface area contributed by atoms with E-state index in [1.807, 2.05) is 13.0 Å². The summed E-state index contributed by atoms with van der Waals surface area (Å²) < 4.78 is 10.7. The van der Waals surface area contributed by atoms with Gasteiger partial charge >= 0.3 is 0 Å². The lowest BCUT2D eigenvalue weighted by Crippen LogP contribution is -2.13. The number of ether oxygens (including phenoxy) is 2. The normalized spacial score (nSPS) is 10.2. The summed E-state index contributed by atoms with van der Waals surface area (Å²) in [5, 5.41) is 0. The Bertz CT molecular complexity index is 696. The molecule has 5 heteroatoms. The van der Waals surface area contributed by atoms with E-state index in [2.05, 4.69) is 0 Å². The number of hydrogen-bond acceptors (Lipinski definition) is 4. The maximum atomic E-state index is 11.8. The van der Waals surface area contributed by atoms with Crippen LogP contribution in [0.2, 0.25) is 0 Å². The van der Waals surface area contributed by atoms with Gasteiger partial charge in [0.05, 0.1) is 19.8 Å². The molecule has 4 N–H and O–H groups in total. The molecule has 0 radical (unpaired) electrons. The molecule has 5 nitrogen and oxygen atoms in total. The number of primary amides is 1. The van der Waals surface area contributed by atoms with E-state index in [1.165, 1.54) is 14.2 Å². The molecule has 21 heavy (non-hydrogen) atoms. The van der Waals surface area contributed by atoms with E-state index in [4.69, 9.17) is 20.9 Å². The van der Waals surface area contributed by atoms with Crippen LogP contribution in [0.4, 0.5) is 5.69 Å². The minimum atomic E-state index is -0.534. The van der Waals surface area contributed by atoms with Gasteiger partial charge in [-0.2, -0.15) is 0 Å². The first-order valence-corrected chi connectivity index (χ1v) is 6.40. The first kappa shape index (κ1) is 14.7. The summed E-state index contributed by atoms with van der Waals surface area (Å²) in [6.07, 6.45) is 0. The van der Waals surface area contributed by atoms with Gasteiger partial charge in [-0.3, -0.25) is 4.79 Å². The minimum Gasteiger partial charge on any atom is -0.493 e. The van der Waals surface area contributed by atoms with Crippen LogP contribution < -0.4 is 20.9 Å². The summed E-state index contributed by atoms with van der Waals surface area (Å²) >= 11 is 0. The molecule has 0 spiro atoms. The number of aryl methyl sites for hydroxylation is 1. The monoisotopic (exact) mass is 286 g/mol. The van der Waals surface area contributed by atoms with Crippen molar-refractivity contribution in [2.75, 3.05) is 20.0 Å². The van der Waals surface area contributed by atoms with Crippen LogP contribution in [0.3, 0.4) is 0 Å². The summed E-state index contributed by atoms with van der Waals surface area (Å²) in [6.45, 7) is 1.93. The van der Waals surface area contributed by atoms with E-state index in [0.717, 1.165) is 11.1 Å². The molecule has 110 valence electrons. The van der Waals surface area contributed by atoms with E-state index in [1.54, 1.807) is 24.3 Å². The predicted molar refractivity (Wildman–Crippen MR) is 82.6 cm³/mol. The molecule has 0 aliphatic heterocycles. The Morgan fingerprint density at radius 2 is 1.81 bits per heavy atom. The molecule has 0 fully saturated rings. The second-order valence-electron chi connectivity index (χ2n) is 4.66. The number of amides is 1. The number of methoxy groups -OCH3 is 2. The first-order chi connectivity index (χ1) is 9.99. The van der Waals surface area contributed by atoms with Crippen molar-refractivity contribution in [1.82, 2.24) is 0 Å². The molecule has 2 aromatic rings. The lowest BCUT2D eigenvalue weighted by atomic mass is 9.93. The second-order valence-corrected chi connectivity index (χ2v) is 4.66. The fraction of sp³-hybridized carbons (Fsp3) is 0.188. The Labute approximate surface area is 123 Å².